The van der Waals surface area contributed by atoms with Crippen molar-refractivity contribution in [2.75, 3.05) is 12.5 Å². The molecule has 0 aliphatic carbocycles. The van der Waals surface area contributed by atoms with E-state index < -0.39 is 12.2 Å². The van der Waals surface area contributed by atoms with Gasteiger partial charge in [-0.15, -0.1) is 11.6 Å². The van der Waals surface area contributed by atoms with Crippen LogP contribution in [0.15, 0.2) is 42.5 Å². The van der Waals surface area contributed by atoms with E-state index in [0.29, 0.717) is 13.0 Å². The highest BCUT2D eigenvalue weighted by Crippen LogP contribution is 2.02. The lowest BCUT2D eigenvalue weighted by atomic mass is 10.2. The molecule has 0 spiro atoms. The van der Waals surface area contributed by atoms with Crippen LogP contribution in [0.25, 0.3) is 0 Å². The summed E-state index contributed by atoms with van der Waals surface area (Å²) in [5, 5.41) is 18.8. The van der Waals surface area contributed by atoms with Crippen molar-refractivity contribution < 1.29 is 14.9 Å². The minimum atomic E-state index is -0.656. The van der Waals surface area contributed by atoms with Gasteiger partial charge in [-0.05, 0) is 12.0 Å². The Hall–Kier alpha value is -0.870. The molecule has 0 aliphatic rings. The Morgan fingerprint density at radius 3 is 2.61 bits per heavy atom. The molecule has 4 heteroatoms. The predicted molar refractivity (Wildman–Crippen MR) is 72.6 cm³/mol. The molecule has 18 heavy (non-hydrogen) atoms. The zero-order valence-electron chi connectivity index (χ0n) is 10.2. The Balaban J connectivity index is 2.15. The van der Waals surface area contributed by atoms with Gasteiger partial charge in [0.25, 0.3) is 0 Å². The summed E-state index contributed by atoms with van der Waals surface area (Å²) >= 11 is 5.45. The summed E-state index contributed by atoms with van der Waals surface area (Å²) in [6.07, 6.45) is 2.56. The molecule has 1 rings (SSSR count). The number of hydrogen-bond acceptors (Lipinski definition) is 3. The van der Waals surface area contributed by atoms with Crippen LogP contribution >= 0.6 is 11.6 Å². The van der Waals surface area contributed by atoms with Crippen molar-refractivity contribution in [3.8, 4) is 0 Å². The molecule has 0 unspecified atom stereocenters. The van der Waals surface area contributed by atoms with Crippen molar-refractivity contribution in [2.24, 2.45) is 0 Å². The molecular formula is C14H19ClO3. The van der Waals surface area contributed by atoms with Crippen LogP contribution in [0.3, 0.4) is 0 Å². The maximum absolute atomic E-state index is 9.59. The highest BCUT2D eigenvalue weighted by Gasteiger charge is 2.01. The minimum Gasteiger partial charge on any atom is -0.392 e. The number of hydrogen-bond donors (Lipinski definition) is 2. The number of aliphatic hydroxyl groups excluding tert-OH is 2. The summed E-state index contributed by atoms with van der Waals surface area (Å²) in [5.74, 6) is 0.199. The molecule has 1 aromatic carbocycles. The second-order valence-electron chi connectivity index (χ2n) is 4.04. The summed E-state index contributed by atoms with van der Waals surface area (Å²) in [5.41, 5.74) is 1.08. The van der Waals surface area contributed by atoms with Gasteiger partial charge in [0.1, 0.15) is 0 Å². The lowest BCUT2D eigenvalue weighted by Gasteiger charge is -2.08. The first kappa shape index (κ1) is 15.2. The van der Waals surface area contributed by atoms with Crippen molar-refractivity contribution in [1.82, 2.24) is 0 Å². The van der Waals surface area contributed by atoms with E-state index in [1.165, 1.54) is 0 Å². The zero-order chi connectivity index (χ0) is 13.2. The van der Waals surface area contributed by atoms with E-state index in [0.717, 1.165) is 5.56 Å². The molecule has 0 saturated heterocycles. The number of ether oxygens (including phenoxy) is 1. The Labute approximate surface area is 113 Å². The first-order valence-corrected chi connectivity index (χ1v) is 6.46. The predicted octanol–water partition coefficient (Wildman–Crippen LogP) is 2.11. The van der Waals surface area contributed by atoms with Crippen LogP contribution in [0.1, 0.15) is 12.0 Å². The minimum absolute atomic E-state index is 0.199. The van der Waals surface area contributed by atoms with Gasteiger partial charge in [-0.25, -0.2) is 0 Å². The molecule has 0 radical (unpaired) electrons. The van der Waals surface area contributed by atoms with Gasteiger partial charge in [0, 0.05) is 5.88 Å². The average Bonchev–Trinajstić information content (AvgIpc) is 2.39. The molecule has 2 atom stereocenters. The summed E-state index contributed by atoms with van der Waals surface area (Å²) in [6.45, 7) is 0.721. The Kier molecular flexibility index (Phi) is 7.69. The monoisotopic (exact) mass is 270 g/mol. The lowest BCUT2D eigenvalue weighted by Crippen LogP contribution is -2.13. The molecule has 2 N–H and O–H groups in total. The van der Waals surface area contributed by atoms with E-state index in [9.17, 15) is 10.2 Å². The first-order chi connectivity index (χ1) is 8.72. The second-order valence-corrected chi connectivity index (χ2v) is 4.35. The number of aliphatic hydroxyl groups is 2. The first-order valence-electron chi connectivity index (χ1n) is 5.92. The lowest BCUT2D eigenvalue weighted by molar-refractivity contribution is 0.0501. The van der Waals surface area contributed by atoms with E-state index in [-0.39, 0.29) is 12.5 Å². The quantitative estimate of drug-likeness (QED) is 0.562. The largest absolute Gasteiger partial charge is 0.392 e. The molecule has 0 amide bonds. The maximum atomic E-state index is 9.59. The summed E-state index contributed by atoms with van der Waals surface area (Å²) in [7, 11) is 0. The fourth-order valence-corrected chi connectivity index (χ4v) is 1.51. The van der Waals surface area contributed by atoms with Crippen molar-refractivity contribution in [3.05, 3.63) is 48.0 Å². The Morgan fingerprint density at radius 1 is 1.22 bits per heavy atom. The van der Waals surface area contributed by atoms with Crippen molar-refractivity contribution in [1.29, 1.82) is 0 Å². The number of benzene rings is 1. The maximum Gasteiger partial charge on any atom is 0.0954 e. The van der Waals surface area contributed by atoms with E-state index in [1.54, 1.807) is 12.2 Å². The average molecular weight is 271 g/mol. The molecule has 0 bridgehead atoms. The molecule has 3 nitrogen and oxygen atoms in total. The van der Waals surface area contributed by atoms with Crippen molar-refractivity contribution in [3.63, 3.8) is 0 Å². The van der Waals surface area contributed by atoms with E-state index in [1.807, 2.05) is 30.3 Å². The van der Waals surface area contributed by atoms with E-state index in [4.69, 9.17) is 16.3 Å². The molecule has 0 aliphatic heterocycles. The topological polar surface area (TPSA) is 49.7 Å². The Morgan fingerprint density at radius 2 is 1.94 bits per heavy atom. The van der Waals surface area contributed by atoms with Gasteiger partial charge in [-0.1, -0.05) is 42.5 Å². The van der Waals surface area contributed by atoms with Gasteiger partial charge < -0.3 is 14.9 Å². The third kappa shape index (κ3) is 6.77. The van der Waals surface area contributed by atoms with Crippen LogP contribution in [0.2, 0.25) is 0 Å². The van der Waals surface area contributed by atoms with E-state index >= 15 is 0 Å². The fraction of sp³-hybridized carbons (Fsp3) is 0.429. The van der Waals surface area contributed by atoms with Crippen LogP contribution in [0, 0.1) is 0 Å². The van der Waals surface area contributed by atoms with Crippen molar-refractivity contribution in [2.45, 2.75) is 25.2 Å². The Bertz CT molecular complexity index is 340. The number of rotatable bonds is 8. The molecule has 1 aromatic rings. The van der Waals surface area contributed by atoms with E-state index in [2.05, 4.69) is 0 Å². The highest BCUT2D eigenvalue weighted by molar-refractivity contribution is 6.18. The van der Waals surface area contributed by atoms with Crippen LogP contribution in [0.5, 0.6) is 0 Å². The van der Waals surface area contributed by atoms with Crippen LogP contribution in [-0.2, 0) is 11.3 Å². The molecule has 100 valence electrons. The number of halogens is 1. The smallest absolute Gasteiger partial charge is 0.0954 e. The van der Waals surface area contributed by atoms with Gasteiger partial charge in [-0.3, -0.25) is 0 Å². The molecule has 0 saturated carbocycles. The molecule has 0 fully saturated rings. The molecule has 0 aromatic heterocycles. The highest BCUT2D eigenvalue weighted by atomic mass is 35.5. The third-order valence-corrected chi connectivity index (χ3v) is 2.70. The molecular weight excluding hydrogens is 252 g/mol. The normalized spacial score (nSPS) is 14.8. The second kappa shape index (κ2) is 9.11. The standard InChI is InChI=1S/C14H19ClO3/c15-9-13(16)7-4-8-14(17)11-18-10-12-5-2-1-3-6-12/h1-6,8,13-14,16-17H,7,9-11H2/b8-4-/t13-,14-/m0/s1. The van der Waals surface area contributed by atoms with Gasteiger partial charge >= 0.3 is 0 Å². The van der Waals surface area contributed by atoms with Gasteiger partial charge in [0.15, 0.2) is 0 Å². The fourth-order valence-electron chi connectivity index (χ4n) is 1.38. The van der Waals surface area contributed by atoms with Crippen molar-refractivity contribution >= 4 is 11.6 Å². The summed E-state index contributed by atoms with van der Waals surface area (Å²) in [6, 6.07) is 9.78. The molecule has 0 heterocycles. The van der Waals surface area contributed by atoms with Gasteiger partial charge in [0.2, 0.25) is 0 Å². The SMILES string of the molecule is O[C@H](CCl)C/C=C\[C@H](O)COCc1ccccc1. The summed E-state index contributed by atoms with van der Waals surface area (Å²) < 4.78 is 5.38. The van der Waals surface area contributed by atoms with Crippen LogP contribution < -0.4 is 0 Å². The van der Waals surface area contributed by atoms with Crippen LogP contribution in [-0.4, -0.2) is 34.9 Å². The zero-order valence-corrected chi connectivity index (χ0v) is 11.0. The van der Waals surface area contributed by atoms with Gasteiger partial charge in [-0.2, -0.15) is 0 Å². The van der Waals surface area contributed by atoms with Gasteiger partial charge in [0.05, 0.1) is 25.4 Å². The summed E-state index contributed by atoms with van der Waals surface area (Å²) in [4.78, 5) is 0. The number of alkyl halides is 1. The van der Waals surface area contributed by atoms with Crippen LogP contribution in [0.4, 0.5) is 0 Å². The third-order valence-electron chi connectivity index (χ3n) is 2.34.